The number of carbonyl (C=O) groups excluding carboxylic acids is 2. The number of nitrogens with one attached hydrogen (secondary N) is 2. The van der Waals surface area contributed by atoms with Crippen LogP contribution >= 0.6 is 0 Å². The number of rotatable bonds is 10. The molecular formula is C27H25N3O4. The minimum atomic E-state index is -0.422. The standard InChI is InChI=1S/C27H25N3O4/c1-33-24-13-9-23(10-14-24)30-26(31)19-34-25-11-7-21(8-12-25)17-22(18-28)27(32)29-16-15-20-5-3-2-4-6-20/h2-14,17H,15-16,19H2,1H3,(H,29,32)(H,30,31)/b22-17+. The second kappa shape index (κ2) is 12.5. The van der Waals surface area contributed by atoms with Crippen LogP contribution in [-0.4, -0.2) is 32.1 Å². The van der Waals surface area contributed by atoms with Crippen molar-refractivity contribution in [1.29, 1.82) is 5.26 Å². The van der Waals surface area contributed by atoms with Gasteiger partial charge in [-0.3, -0.25) is 9.59 Å². The number of benzene rings is 3. The molecule has 0 spiro atoms. The molecule has 0 heterocycles. The smallest absolute Gasteiger partial charge is 0.262 e. The van der Waals surface area contributed by atoms with Crippen LogP contribution in [0.2, 0.25) is 0 Å². The first kappa shape index (κ1) is 24.1. The van der Waals surface area contributed by atoms with Gasteiger partial charge in [0.15, 0.2) is 6.61 Å². The largest absolute Gasteiger partial charge is 0.497 e. The first-order valence-corrected chi connectivity index (χ1v) is 10.7. The number of anilines is 1. The third-order valence-corrected chi connectivity index (χ3v) is 4.84. The van der Waals surface area contributed by atoms with E-state index in [-0.39, 0.29) is 18.1 Å². The topological polar surface area (TPSA) is 100 Å². The first-order chi connectivity index (χ1) is 16.6. The van der Waals surface area contributed by atoms with Crippen LogP contribution in [0.5, 0.6) is 11.5 Å². The predicted molar refractivity (Wildman–Crippen MR) is 130 cm³/mol. The summed E-state index contributed by atoms with van der Waals surface area (Å²) in [5, 5.41) is 14.9. The third kappa shape index (κ3) is 7.53. The first-order valence-electron chi connectivity index (χ1n) is 10.7. The van der Waals surface area contributed by atoms with Crippen LogP contribution in [-0.2, 0) is 16.0 Å². The summed E-state index contributed by atoms with van der Waals surface area (Å²) in [5.41, 5.74) is 2.44. The van der Waals surface area contributed by atoms with Crippen LogP contribution in [0.15, 0.2) is 84.4 Å². The highest BCUT2D eigenvalue weighted by atomic mass is 16.5. The molecule has 0 radical (unpaired) electrons. The summed E-state index contributed by atoms with van der Waals surface area (Å²) >= 11 is 0. The van der Waals surface area contributed by atoms with Crippen molar-refractivity contribution in [2.75, 3.05) is 25.6 Å². The predicted octanol–water partition coefficient (Wildman–Crippen LogP) is 3.98. The molecule has 0 saturated carbocycles. The average Bonchev–Trinajstić information content (AvgIpc) is 2.87. The van der Waals surface area contributed by atoms with Gasteiger partial charge in [-0.15, -0.1) is 0 Å². The molecule has 34 heavy (non-hydrogen) atoms. The lowest BCUT2D eigenvalue weighted by molar-refractivity contribution is -0.118. The highest BCUT2D eigenvalue weighted by Gasteiger charge is 2.09. The van der Waals surface area contributed by atoms with Crippen LogP contribution in [0.25, 0.3) is 6.08 Å². The van der Waals surface area contributed by atoms with E-state index >= 15 is 0 Å². The second-order valence-corrected chi connectivity index (χ2v) is 7.30. The van der Waals surface area contributed by atoms with E-state index in [1.807, 2.05) is 36.4 Å². The van der Waals surface area contributed by atoms with Crippen molar-refractivity contribution < 1.29 is 19.1 Å². The molecule has 3 aromatic carbocycles. The quantitative estimate of drug-likeness (QED) is 0.356. The van der Waals surface area contributed by atoms with E-state index < -0.39 is 5.91 Å². The van der Waals surface area contributed by atoms with Crippen molar-refractivity contribution in [3.63, 3.8) is 0 Å². The van der Waals surface area contributed by atoms with Gasteiger partial charge in [-0.05, 0) is 60.0 Å². The van der Waals surface area contributed by atoms with Crippen LogP contribution in [0.3, 0.4) is 0 Å². The summed E-state index contributed by atoms with van der Waals surface area (Å²) in [7, 11) is 1.57. The molecule has 0 aliphatic heterocycles. The molecule has 7 nitrogen and oxygen atoms in total. The highest BCUT2D eigenvalue weighted by molar-refractivity contribution is 6.01. The Morgan fingerprint density at radius 2 is 1.62 bits per heavy atom. The van der Waals surface area contributed by atoms with Crippen LogP contribution in [0.4, 0.5) is 5.69 Å². The summed E-state index contributed by atoms with van der Waals surface area (Å²) in [6.07, 6.45) is 2.20. The normalized spacial score (nSPS) is 10.6. The molecule has 0 aliphatic carbocycles. The van der Waals surface area contributed by atoms with E-state index in [1.54, 1.807) is 55.6 Å². The Labute approximate surface area is 198 Å². The van der Waals surface area contributed by atoms with Gasteiger partial charge in [0.05, 0.1) is 7.11 Å². The molecule has 2 amide bonds. The number of methoxy groups -OCH3 is 1. The lowest BCUT2D eigenvalue weighted by atomic mass is 10.1. The molecule has 7 heteroatoms. The minimum Gasteiger partial charge on any atom is -0.497 e. The number of nitriles is 1. The number of nitrogens with zero attached hydrogens (tertiary/aromatic N) is 1. The molecular weight excluding hydrogens is 430 g/mol. The van der Waals surface area contributed by atoms with Crippen molar-refractivity contribution in [2.24, 2.45) is 0 Å². The Bertz CT molecular complexity index is 1170. The zero-order chi connectivity index (χ0) is 24.2. The molecule has 0 saturated heterocycles. The maximum atomic E-state index is 12.3. The molecule has 172 valence electrons. The number of hydrogen-bond acceptors (Lipinski definition) is 5. The lowest BCUT2D eigenvalue weighted by Crippen LogP contribution is -2.26. The van der Waals surface area contributed by atoms with E-state index in [0.29, 0.717) is 35.7 Å². The number of hydrogen-bond donors (Lipinski definition) is 2. The molecule has 0 bridgehead atoms. The highest BCUT2D eigenvalue weighted by Crippen LogP contribution is 2.16. The average molecular weight is 456 g/mol. The molecule has 0 aromatic heterocycles. The fourth-order valence-corrected chi connectivity index (χ4v) is 3.06. The summed E-state index contributed by atoms with van der Waals surface area (Å²) in [5.74, 6) is 0.475. The SMILES string of the molecule is COc1ccc(NC(=O)COc2ccc(/C=C(\C#N)C(=O)NCCc3ccccc3)cc2)cc1. The van der Waals surface area contributed by atoms with Crippen LogP contribution < -0.4 is 20.1 Å². The van der Waals surface area contributed by atoms with E-state index in [1.165, 1.54) is 6.08 Å². The van der Waals surface area contributed by atoms with Gasteiger partial charge < -0.3 is 20.1 Å². The summed E-state index contributed by atoms with van der Waals surface area (Å²) in [6.45, 7) is 0.279. The Morgan fingerprint density at radius 1 is 0.941 bits per heavy atom. The van der Waals surface area contributed by atoms with Crippen molar-refractivity contribution in [2.45, 2.75) is 6.42 Å². The van der Waals surface area contributed by atoms with Crippen molar-refractivity contribution in [1.82, 2.24) is 5.32 Å². The number of amides is 2. The van der Waals surface area contributed by atoms with E-state index in [2.05, 4.69) is 10.6 Å². The van der Waals surface area contributed by atoms with E-state index in [0.717, 1.165) is 5.56 Å². The van der Waals surface area contributed by atoms with Gasteiger partial charge in [0.25, 0.3) is 11.8 Å². The van der Waals surface area contributed by atoms with Gasteiger partial charge in [0, 0.05) is 12.2 Å². The summed E-state index contributed by atoms with van der Waals surface area (Å²) in [4.78, 5) is 24.4. The van der Waals surface area contributed by atoms with Crippen molar-refractivity contribution in [3.05, 3.63) is 95.6 Å². The third-order valence-electron chi connectivity index (χ3n) is 4.84. The lowest BCUT2D eigenvalue weighted by Gasteiger charge is -2.08. The Hall–Kier alpha value is -4.57. The molecule has 3 rings (SSSR count). The summed E-state index contributed by atoms with van der Waals surface area (Å²) in [6, 6.07) is 25.5. The molecule has 3 aromatic rings. The van der Waals surface area contributed by atoms with Crippen molar-refractivity contribution in [3.8, 4) is 17.6 Å². The van der Waals surface area contributed by atoms with Crippen molar-refractivity contribution >= 4 is 23.6 Å². The van der Waals surface area contributed by atoms with Gasteiger partial charge >= 0.3 is 0 Å². The molecule has 0 fully saturated rings. The van der Waals surface area contributed by atoms with Gasteiger partial charge in [-0.2, -0.15) is 5.26 Å². The number of carbonyl (C=O) groups is 2. The van der Waals surface area contributed by atoms with E-state index in [4.69, 9.17) is 9.47 Å². The zero-order valence-electron chi connectivity index (χ0n) is 18.8. The zero-order valence-corrected chi connectivity index (χ0v) is 18.8. The van der Waals surface area contributed by atoms with Gasteiger partial charge in [0.2, 0.25) is 0 Å². The fraction of sp³-hybridized carbons (Fsp3) is 0.148. The molecule has 0 unspecified atom stereocenters. The Kier molecular flexibility index (Phi) is 8.83. The van der Waals surface area contributed by atoms with Crippen LogP contribution in [0, 0.1) is 11.3 Å². The molecule has 0 atom stereocenters. The van der Waals surface area contributed by atoms with Gasteiger partial charge in [0.1, 0.15) is 23.1 Å². The maximum Gasteiger partial charge on any atom is 0.262 e. The molecule has 2 N–H and O–H groups in total. The molecule has 0 aliphatic rings. The van der Waals surface area contributed by atoms with Gasteiger partial charge in [-0.25, -0.2) is 0 Å². The number of ether oxygens (including phenoxy) is 2. The van der Waals surface area contributed by atoms with Gasteiger partial charge in [-0.1, -0.05) is 42.5 Å². The maximum absolute atomic E-state index is 12.3. The Balaban J connectivity index is 1.48. The monoisotopic (exact) mass is 455 g/mol. The van der Waals surface area contributed by atoms with E-state index in [9.17, 15) is 14.9 Å². The second-order valence-electron chi connectivity index (χ2n) is 7.30. The fourth-order valence-electron chi connectivity index (χ4n) is 3.06. The Morgan fingerprint density at radius 3 is 2.26 bits per heavy atom. The van der Waals surface area contributed by atoms with Crippen LogP contribution in [0.1, 0.15) is 11.1 Å². The minimum absolute atomic E-state index is 0.0144. The summed E-state index contributed by atoms with van der Waals surface area (Å²) < 4.78 is 10.6.